The lowest BCUT2D eigenvalue weighted by Crippen LogP contribution is -2.45. The van der Waals surface area contributed by atoms with Crippen LogP contribution in [-0.4, -0.2) is 49.0 Å². The first-order valence-corrected chi connectivity index (χ1v) is 8.66. The van der Waals surface area contributed by atoms with E-state index in [2.05, 4.69) is 0 Å². The van der Waals surface area contributed by atoms with Gasteiger partial charge in [-0.15, -0.1) is 0 Å². The van der Waals surface area contributed by atoms with Crippen molar-refractivity contribution in [2.24, 2.45) is 11.3 Å². The number of aliphatic hydroxyl groups is 1. The Balaban J connectivity index is 2.56. The highest BCUT2D eigenvalue weighted by Gasteiger charge is 2.45. The van der Waals surface area contributed by atoms with Crippen molar-refractivity contribution in [3.63, 3.8) is 0 Å². The molecule has 1 aliphatic heterocycles. The fourth-order valence-corrected chi connectivity index (χ4v) is 4.20. The van der Waals surface area contributed by atoms with E-state index in [1.807, 2.05) is 20.8 Å². The summed E-state index contributed by atoms with van der Waals surface area (Å²) in [5, 5.41) is 9.22. The summed E-state index contributed by atoms with van der Waals surface area (Å²) in [7, 11) is -3.43. The van der Waals surface area contributed by atoms with Crippen LogP contribution in [0.25, 0.3) is 0 Å². The molecule has 0 aromatic rings. The second kappa shape index (κ2) is 6.42. The highest BCUT2D eigenvalue weighted by molar-refractivity contribution is 7.89. The van der Waals surface area contributed by atoms with Crippen molar-refractivity contribution in [2.75, 3.05) is 18.8 Å². The third-order valence-corrected chi connectivity index (χ3v) is 5.66. The average molecular weight is 331 g/mol. The number of aliphatic hydroxyl groups excluding tert-OH is 1. The summed E-state index contributed by atoms with van der Waals surface area (Å²) in [4.78, 5) is 0. The van der Waals surface area contributed by atoms with Gasteiger partial charge in [-0.25, -0.2) is 12.7 Å². The van der Waals surface area contributed by atoms with E-state index in [0.717, 1.165) is 0 Å². The summed E-state index contributed by atoms with van der Waals surface area (Å²) >= 11 is 0. The molecule has 0 aromatic carbocycles. The molecule has 0 amide bonds. The highest BCUT2D eigenvalue weighted by atomic mass is 32.2. The molecule has 1 N–H and O–H groups in total. The van der Waals surface area contributed by atoms with Gasteiger partial charge in [-0.05, 0) is 30.6 Å². The molecule has 0 spiro atoms. The van der Waals surface area contributed by atoms with Gasteiger partial charge in [0.15, 0.2) is 6.10 Å². The Morgan fingerprint density at radius 3 is 2.05 bits per heavy atom. The fourth-order valence-electron chi connectivity index (χ4n) is 2.30. The molecule has 1 atom stereocenters. The number of halogens is 3. The van der Waals surface area contributed by atoms with Gasteiger partial charge in [-0.1, -0.05) is 20.8 Å². The Hall–Kier alpha value is -0.340. The largest absolute Gasteiger partial charge is 0.414 e. The number of sulfonamides is 1. The smallest absolute Gasteiger partial charge is 0.383 e. The SMILES string of the molecule is CC(C)(C)CCS(=O)(=O)N1CCC(C(O)C(F)(F)F)CC1. The molecule has 1 fully saturated rings. The molecule has 126 valence electrons. The van der Waals surface area contributed by atoms with Crippen LogP contribution in [-0.2, 0) is 10.0 Å². The maximum absolute atomic E-state index is 12.4. The first-order valence-electron chi connectivity index (χ1n) is 7.05. The van der Waals surface area contributed by atoms with Crippen LogP contribution in [0, 0.1) is 11.3 Å². The van der Waals surface area contributed by atoms with Crippen molar-refractivity contribution in [2.45, 2.75) is 52.3 Å². The second-order valence-electron chi connectivity index (χ2n) is 6.85. The zero-order valence-electron chi connectivity index (χ0n) is 12.7. The molecule has 0 aliphatic carbocycles. The second-order valence-corrected chi connectivity index (χ2v) is 8.94. The van der Waals surface area contributed by atoms with Crippen LogP contribution in [0.15, 0.2) is 0 Å². The van der Waals surface area contributed by atoms with Gasteiger partial charge in [0.2, 0.25) is 10.0 Å². The van der Waals surface area contributed by atoms with E-state index in [0.29, 0.717) is 6.42 Å². The van der Waals surface area contributed by atoms with Gasteiger partial charge in [0.05, 0.1) is 5.75 Å². The maximum atomic E-state index is 12.4. The van der Waals surface area contributed by atoms with E-state index in [9.17, 15) is 26.7 Å². The minimum atomic E-state index is -4.64. The third kappa shape index (κ3) is 5.75. The van der Waals surface area contributed by atoms with Crippen molar-refractivity contribution < 1.29 is 26.7 Å². The molecule has 1 rings (SSSR count). The lowest BCUT2D eigenvalue weighted by atomic mass is 9.92. The third-order valence-electron chi connectivity index (χ3n) is 3.78. The van der Waals surface area contributed by atoms with Gasteiger partial charge in [0.1, 0.15) is 0 Å². The summed E-state index contributed by atoms with van der Waals surface area (Å²) in [5.41, 5.74) is -0.113. The molecule has 0 aromatic heterocycles. The first-order chi connectivity index (χ1) is 9.33. The molecule has 8 heteroatoms. The minimum Gasteiger partial charge on any atom is -0.383 e. The first kappa shape index (κ1) is 18.7. The Morgan fingerprint density at radius 1 is 1.19 bits per heavy atom. The van der Waals surface area contributed by atoms with E-state index in [1.165, 1.54) is 4.31 Å². The van der Waals surface area contributed by atoms with E-state index in [4.69, 9.17) is 0 Å². The van der Waals surface area contributed by atoms with Crippen molar-refractivity contribution in [3.8, 4) is 0 Å². The Morgan fingerprint density at radius 2 is 1.67 bits per heavy atom. The standard InChI is InChI=1S/C13H24F3NO3S/c1-12(2,3)6-9-21(19,20)17-7-4-10(5-8-17)11(18)13(14,15)16/h10-11,18H,4-9H2,1-3H3. The van der Waals surface area contributed by atoms with Gasteiger partial charge < -0.3 is 5.11 Å². The summed E-state index contributed by atoms with van der Waals surface area (Å²) in [5.74, 6) is -0.915. The van der Waals surface area contributed by atoms with Crippen LogP contribution in [0.3, 0.4) is 0 Å². The highest BCUT2D eigenvalue weighted by Crippen LogP contribution is 2.32. The summed E-state index contributed by atoms with van der Waals surface area (Å²) < 4.78 is 62.8. The molecule has 1 saturated heterocycles. The van der Waals surface area contributed by atoms with Gasteiger partial charge in [-0.2, -0.15) is 13.2 Å². The van der Waals surface area contributed by atoms with Gasteiger partial charge >= 0.3 is 6.18 Å². The number of rotatable bonds is 4. The van der Waals surface area contributed by atoms with Gasteiger partial charge in [-0.3, -0.25) is 0 Å². The zero-order valence-corrected chi connectivity index (χ0v) is 13.5. The minimum absolute atomic E-state index is 0.00297. The van der Waals surface area contributed by atoms with Crippen molar-refractivity contribution in [1.82, 2.24) is 4.31 Å². The van der Waals surface area contributed by atoms with E-state index in [-0.39, 0.29) is 37.1 Å². The molecule has 1 aliphatic rings. The predicted octanol–water partition coefficient (Wildman–Crippen LogP) is 2.39. The van der Waals surface area contributed by atoms with Crippen LogP contribution in [0.4, 0.5) is 13.2 Å². The van der Waals surface area contributed by atoms with Gasteiger partial charge in [0, 0.05) is 13.1 Å². The Bertz CT molecular complexity index is 435. The van der Waals surface area contributed by atoms with Crippen LogP contribution in [0.5, 0.6) is 0 Å². The lowest BCUT2D eigenvalue weighted by Gasteiger charge is -2.34. The lowest BCUT2D eigenvalue weighted by molar-refractivity contribution is -0.222. The van der Waals surface area contributed by atoms with Crippen LogP contribution < -0.4 is 0 Å². The average Bonchev–Trinajstić information content (AvgIpc) is 2.34. The van der Waals surface area contributed by atoms with Crippen LogP contribution in [0.2, 0.25) is 0 Å². The Labute approximate surface area is 124 Å². The number of nitrogens with zero attached hydrogens (tertiary/aromatic N) is 1. The normalized spacial score (nSPS) is 21.5. The molecule has 0 bridgehead atoms. The van der Waals surface area contributed by atoms with E-state index < -0.39 is 28.2 Å². The van der Waals surface area contributed by atoms with Gasteiger partial charge in [0.25, 0.3) is 0 Å². The fraction of sp³-hybridized carbons (Fsp3) is 1.00. The van der Waals surface area contributed by atoms with Crippen molar-refractivity contribution >= 4 is 10.0 Å². The predicted molar refractivity (Wildman–Crippen MR) is 74.2 cm³/mol. The Kier molecular flexibility index (Phi) is 5.72. The number of hydrogen-bond acceptors (Lipinski definition) is 3. The number of alkyl halides is 3. The molecule has 1 heterocycles. The quantitative estimate of drug-likeness (QED) is 0.860. The van der Waals surface area contributed by atoms with Crippen molar-refractivity contribution in [3.05, 3.63) is 0 Å². The molecule has 21 heavy (non-hydrogen) atoms. The number of piperidine rings is 1. The molecule has 1 unspecified atom stereocenters. The van der Waals surface area contributed by atoms with E-state index in [1.54, 1.807) is 0 Å². The summed E-state index contributed by atoms with van der Waals surface area (Å²) in [6.45, 7) is 5.91. The van der Waals surface area contributed by atoms with Crippen LogP contribution >= 0.6 is 0 Å². The van der Waals surface area contributed by atoms with E-state index >= 15 is 0 Å². The maximum Gasteiger partial charge on any atom is 0.414 e. The molecular weight excluding hydrogens is 307 g/mol. The van der Waals surface area contributed by atoms with Crippen LogP contribution in [0.1, 0.15) is 40.0 Å². The monoisotopic (exact) mass is 331 g/mol. The topological polar surface area (TPSA) is 57.6 Å². The molecule has 4 nitrogen and oxygen atoms in total. The summed E-state index contributed by atoms with van der Waals surface area (Å²) in [6, 6.07) is 0. The summed E-state index contributed by atoms with van der Waals surface area (Å²) in [6.07, 6.45) is -6.43. The zero-order chi connectivity index (χ0) is 16.5. The number of hydrogen-bond donors (Lipinski definition) is 1. The molecule has 0 saturated carbocycles. The molecule has 0 radical (unpaired) electrons. The van der Waals surface area contributed by atoms with Crippen molar-refractivity contribution in [1.29, 1.82) is 0 Å². The molecular formula is C13H24F3NO3S.